The highest BCUT2D eigenvalue weighted by Gasteiger charge is 2.27. The molecule has 0 aliphatic heterocycles. The molecule has 0 fully saturated rings. The summed E-state index contributed by atoms with van der Waals surface area (Å²) in [6.45, 7) is 1.95. The van der Waals surface area contributed by atoms with E-state index < -0.39 is 15.9 Å². The summed E-state index contributed by atoms with van der Waals surface area (Å²) in [6.07, 6.45) is 0.754. The Morgan fingerprint density at radius 2 is 1.76 bits per heavy atom. The molecule has 3 aromatic rings. The predicted molar refractivity (Wildman–Crippen MR) is 139 cm³/mol. The molecule has 3 aromatic carbocycles. The number of hydrogen-bond donors (Lipinski definition) is 1. The molecule has 9 heteroatoms. The van der Waals surface area contributed by atoms with Crippen molar-refractivity contribution in [1.29, 1.82) is 0 Å². The van der Waals surface area contributed by atoms with Crippen LogP contribution in [-0.2, 0) is 14.8 Å². The SMILES string of the molecule is COc1ccc(N(CC(=O)NCCCSc2ccccc2)S(=O)(=O)c2ccc(C)cc2)cc1Cl. The van der Waals surface area contributed by atoms with Crippen molar-refractivity contribution in [2.24, 2.45) is 0 Å². The van der Waals surface area contributed by atoms with Crippen molar-refractivity contribution in [3.63, 3.8) is 0 Å². The molecule has 0 radical (unpaired) electrons. The first-order valence-electron chi connectivity index (χ1n) is 10.7. The summed E-state index contributed by atoms with van der Waals surface area (Å²) in [5.41, 5.74) is 1.21. The number of carbonyl (C=O) groups excluding carboxylic acids is 1. The van der Waals surface area contributed by atoms with Crippen molar-refractivity contribution in [1.82, 2.24) is 5.32 Å². The third-order valence-corrected chi connectivity index (χ3v) is 8.16. The largest absolute Gasteiger partial charge is 0.495 e. The van der Waals surface area contributed by atoms with Crippen molar-refractivity contribution in [2.75, 3.05) is 30.3 Å². The number of ether oxygens (including phenoxy) is 1. The van der Waals surface area contributed by atoms with Crippen LogP contribution in [0.1, 0.15) is 12.0 Å². The van der Waals surface area contributed by atoms with Crippen LogP contribution in [0.2, 0.25) is 5.02 Å². The third-order valence-electron chi connectivity index (χ3n) is 4.97. The molecular formula is C25H27ClN2O4S2. The van der Waals surface area contributed by atoms with Crippen LogP contribution in [0, 0.1) is 6.92 Å². The van der Waals surface area contributed by atoms with Crippen LogP contribution in [0.15, 0.2) is 82.6 Å². The minimum Gasteiger partial charge on any atom is -0.495 e. The molecule has 0 aliphatic carbocycles. The van der Waals surface area contributed by atoms with Gasteiger partial charge in [-0.15, -0.1) is 11.8 Å². The van der Waals surface area contributed by atoms with Gasteiger partial charge in [-0.25, -0.2) is 8.42 Å². The van der Waals surface area contributed by atoms with Gasteiger partial charge in [0.05, 0.1) is 22.7 Å². The van der Waals surface area contributed by atoms with Crippen molar-refractivity contribution in [2.45, 2.75) is 23.1 Å². The highest BCUT2D eigenvalue weighted by Crippen LogP contribution is 2.32. The lowest BCUT2D eigenvalue weighted by Gasteiger charge is -2.24. The predicted octanol–water partition coefficient (Wildman–Crippen LogP) is 5.15. The number of nitrogens with zero attached hydrogens (tertiary/aromatic N) is 1. The van der Waals surface area contributed by atoms with Gasteiger partial charge in [-0.3, -0.25) is 9.10 Å². The lowest BCUT2D eigenvalue weighted by atomic mass is 10.2. The highest BCUT2D eigenvalue weighted by atomic mass is 35.5. The maximum Gasteiger partial charge on any atom is 0.264 e. The number of nitrogens with one attached hydrogen (secondary N) is 1. The zero-order valence-electron chi connectivity index (χ0n) is 19.0. The summed E-state index contributed by atoms with van der Waals surface area (Å²) in [5, 5.41) is 3.08. The number of sulfonamides is 1. The standard InChI is InChI=1S/C25H27ClN2O4S2/c1-19-9-12-22(13-10-19)34(30,31)28(20-11-14-24(32-2)23(26)17-20)18-25(29)27-15-6-16-33-21-7-4-3-5-8-21/h3-5,7-14,17H,6,15-16,18H2,1-2H3,(H,27,29). The van der Waals surface area contributed by atoms with E-state index in [1.807, 2.05) is 37.3 Å². The molecule has 0 aliphatic rings. The number of amides is 1. The Hall–Kier alpha value is -2.68. The summed E-state index contributed by atoms with van der Waals surface area (Å²) in [5.74, 6) is 0.856. The molecule has 34 heavy (non-hydrogen) atoms. The average Bonchev–Trinajstić information content (AvgIpc) is 2.83. The van der Waals surface area contributed by atoms with E-state index in [0.29, 0.717) is 12.3 Å². The Labute approximate surface area is 210 Å². The van der Waals surface area contributed by atoms with Crippen LogP contribution < -0.4 is 14.4 Å². The van der Waals surface area contributed by atoms with Crippen molar-refractivity contribution in [3.8, 4) is 5.75 Å². The van der Waals surface area contributed by atoms with Crippen molar-refractivity contribution in [3.05, 3.63) is 83.4 Å². The normalized spacial score (nSPS) is 11.1. The first kappa shape index (κ1) is 25.9. The molecule has 6 nitrogen and oxygen atoms in total. The van der Waals surface area contributed by atoms with E-state index >= 15 is 0 Å². The summed E-state index contributed by atoms with van der Waals surface area (Å²) >= 11 is 7.95. The minimum absolute atomic E-state index is 0.0945. The molecule has 0 spiro atoms. The average molecular weight is 519 g/mol. The minimum atomic E-state index is -4.00. The van der Waals surface area contributed by atoms with E-state index in [4.69, 9.17) is 16.3 Å². The maximum atomic E-state index is 13.4. The third kappa shape index (κ3) is 6.91. The number of halogens is 1. The molecule has 3 rings (SSSR count). The van der Waals surface area contributed by atoms with Crippen LogP contribution in [0.25, 0.3) is 0 Å². The number of hydrogen-bond acceptors (Lipinski definition) is 5. The quantitative estimate of drug-likeness (QED) is 0.280. The number of rotatable bonds is 11. The number of aryl methyl sites for hydroxylation is 1. The van der Waals surface area contributed by atoms with Gasteiger partial charge in [-0.2, -0.15) is 0 Å². The molecule has 180 valence electrons. The van der Waals surface area contributed by atoms with Crippen molar-refractivity contribution < 1.29 is 17.9 Å². The van der Waals surface area contributed by atoms with Gasteiger partial charge in [0.25, 0.3) is 10.0 Å². The molecule has 0 unspecified atom stereocenters. The van der Waals surface area contributed by atoms with Gasteiger partial charge in [0, 0.05) is 11.4 Å². The van der Waals surface area contributed by atoms with Crippen LogP contribution in [0.3, 0.4) is 0 Å². The Kier molecular flexibility index (Phi) is 9.27. The second-order valence-corrected chi connectivity index (χ2v) is 10.9. The second kappa shape index (κ2) is 12.1. The molecule has 0 saturated carbocycles. The zero-order valence-corrected chi connectivity index (χ0v) is 21.4. The van der Waals surface area contributed by atoms with Gasteiger partial charge in [-0.05, 0) is 61.6 Å². The van der Waals surface area contributed by atoms with Gasteiger partial charge in [0.2, 0.25) is 5.91 Å². The van der Waals surface area contributed by atoms with E-state index in [0.717, 1.165) is 22.0 Å². The van der Waals surface area contributed by atoms with Gasteiger partial charge in [0.1, 0.15) is 12.3 Å². The molecule has 0 bridgehead atoms. The van der Waals surface area contributed by atoms with Gasteiger partial charge in [-0.1, -0.05) is 47.5 Å². The molecule has 0 saturated heterocycles. The molecular weight excluding hydrogens is 492 g/mol. The van der Waals surface area contributed by atoms with Gasteiger partial charge >= 0.3 is 0 Å². The summed E-state index contributed by atoms with van der Waals surface area (Å²) in [7, 11) is -2.53. The number of benzene rings is 3. The Morgan fingerprint density at radius 1 is 1.06 bits per heavy atom. The van der Waals surface area contributed by atoms with Crippen LogP contribution in [0.5, 0.6) is 5.75 Å². The number of thioether (sulfide) groups is 1. The Balaban J connectivity index is 1.71. The first-order chi connectivity index (χ1) is 16.3. The molecule has 1 N–H and O–H groups in total. The number of methoxy groups -OCH3 is 1. The molecule has 0 atom stereocenters. The van der Waals surface area contributed by atoms with E-state index in [1.165, 1.54) is 30.2 Å². The highest BCUT2D eigenvalue weighted by molar-refractivity contribution is 7.99. The van der Waals surface area contributed by atoms with Gasteiger partial charge < -0.3 is 10.1 Å². The Morgan fingerprint density at radius 3 is 2.41 bits per heavy atom. The fourth-order valence-electron chi connectivity index (χ4n) is 3.16. The topological polar surface area (TPSA) is 75.7 Å². The van der Waals surface area contributed by atoms with E-state index in [1.54, 1.807) is 36.0 Å². The van der Waals surface area contributed by atoms with Gasteiger partial charge in [0.15, 0.2) is 0 Å². The molecule has 1 amide bonds. The molecule has 0 aromatic heterocycles. The monoisotopic (exact) mass is 518 g/mol. The van der Waals surface area contributed by atoms with E-state index in [2.05, 4.69) is 5.32 Å². The maximum absolute atomic E-state index is 13.4. The van der Waals surface area contributed by atoms with Crippen LogP contribution in [0.4, 0.5) is 5.69 Å². The fourth-order valence-corrected chi connectivity index (χ4v) is 5.69. The van der Waals surface area contributed by atoms with Crippen LogP contribution in [-0.4, -0.2) is 40.3 Å². The van der Waals surface area contributed by atoms with Crippen molar-refractivity contribution >= 4 is 45.0 Å². The fraction of sp³-hybridized carbons (Fsp3) is 0.240. The second-order valence-electron chi connectivity index (χ2n) is 7.51. The number of anilines is 1. The van der Waals surface area contributed by atoms with Crippen LogP contribution >= 0.6 is 23.4 Å². The summed E-state index contributed by atoms with van der Waals surface area (Å²) in [4.78, 5) is 14.0. The molecule has 0 heterocycles. The lowest BCUT2D eigenvalue weighted by molar-refractivity contribution is -0.119. The number of carbonyl (C=O) groups is 1. The summed E-state index contributed by atoms with van der Waals surface area (Å²) in [6, 6.07) is 21.1. The lowest BCUT2D eigenvalue weighted by Crippen LogP contribution is -2.41. The Bertz CT molecular complexity index is 1200. The summed E-state index contributed by atoms with van der Waals surface area (Å²) < 4.78 is 33.1. The van der Waals surface area contributed by atoms with E-state index in [9.17, 15) is 13.2 Å². The zero-order chi connectivity index (χ0) is 24.6. The smallest absolute Gasteiger partial charge is 0.264 e. The first-order valence-corrected chi connectivity index (χ1v) is 13.5. The van der Waals surface area contributed by atoms with E-state index in [-0.39, 0.29) is 22.2 Å².